The standard InChI is InChI=1S/C15H19N5O3S/c1-15(2,3)20-18-10(17-19-20)6-11(21)16-13-12(14(22)23)9(7-24-13)8-4-5-8/h7-8H,4-6H2,1-3H3,(H,16,21)(H,22,23). The van der Waals surface area contributed by atoms with Crippen molar-refractivity contribution in [3.05, 3.63) is 22.3 Å². The Morgan fingerprint density at radius 2 is 2.12 bits per heavy atom. The van der Waals surface area contributed by atoms with E-state index in [2.05, 4.69) is 20.7 Å². The van der Waals surface area contributed by atoms with Gasteiger partial charge in [-0.3, -0.25) is 4.79 Å². The molecule has 0 spiro atoms. The fourth-order valence-electron chi connectivity index (χ4n) is 2.29. The third kappa shape index (κ3) is 3.45. The molecule has 1 fully saturated rings. The molecule has 0 radical (unpaired) electrons. The van der Waals surface area contributed by atoms with Crippen molar-refractivity contribution >= 4 is 28.2 Å². The Balaban J connectivity index is 1.71. The molecule has 0 atom stereocenters. The number of anilines is 1. The number of rotatable bonds is 5. The Kier molecular flexibility index (Phi) is 4.12. The molecule has 128 valence electrons. The molecule has 0 unspecified atom stereocenters. The molecule has 24 heavy (non-hydrogen) atoms. The van der Waals surface area contributed by atoms with Crippen molar-refractivity contribution in [3.8, 4) is 0 Å². The first-order chi connectivity index (χ1) is 11.3. The smallest absolute Gasteiger partial charge is 0.339 e. The van der Waals surface area contributed by atoms with Gasteiger partial charge in [-0.05, 0) is 55.7 Å². The molecule has 0 bridgehead atoms. The van der Waals surface area contributed by atoms with Crippen LogP contribution in [0.1, 0.15) is 61.3 Å². The van der Waals surface area contributed by atoms with Crippen LogP contribution in [0, 0.1) is 0 Å². The normalized spacial score (nSPS) is 14.6. The largest absolute Gasteiger partial charge is 0.478 e. The third-order valence-corrected chi connectivity index (χ3v) is 4.59. The van der Waals surface area contributed by atoms with E-state index in [-0.39, 0.29) is 23.4 Å². The monoisotopic (exact) mass is 349 g/mol. The molecule has 1 aliphatic carbocycles. The lowest BCUT2D eigenvalue weighted by atomic mass is 10.1. The lowest BCUT2D eigenvalue weighted by Crippen LogP contribution is -2.25. The molecular formula is C15H19N5O3S. The maximum Gasteiger partial charge on any atom is 0.339 e. The first kappa shape index (κ1) is 16.6. The van der Waals surface area contributed by atoms with Crippen molar-refractivity contribution in [2.45, 2.75) is 51.5 Å². The topological polar surface area (TPSA) is 110 Å². The minimum atomic E-state index is -1.01. The van der Waals surface area contributed by atoms with E-state index in [4.69, 9.17) is 0 Å². The molecule has 3 rings (SSSR count). The van der Waals surface area contributed by atoms with Crippen molar-refractivity contribution in [1.82, 2.24) is 20.2 Å². The summed E-state index contributed by atoms with van der Waals surface area (Å²) in [6.07, 6.45) is 1.96. The molecule has 2 aromatic rings. The average Bonchev–Trinajstić information content (AvgIpc) is 3.04. The van der Waals surface area contributed by atoms with E-state index in [1.807, 2.05) is 26.2 Å². The Morgan fingerprint density at radius 1 is 1.42 bits per heavy atom. The number of carbonyl (C=O) groups excluding carboxylic acids is 1. The predicted molar refractivity (Wildman–Crippen MR) is 88.4 cm³/mol. The predicted octanol–water partition coefficient (Wildman–Crippen LogP) is 2.25. The lowest BCUT2D eigenvalue weighted by Gasteiger charge is -2.15. The van der Waals surface area contributed by atoms with Crippen LogP contribution < -0.4 is 5.32 Å². The molecule has 1 amide bonds. The highest BCUT2D eigenvalue weighted by Gasteiger charge is 2.31. The first-order valence-electron chi connectivity index (χ1n) is 7.69. The van der Waals surface area contributed by atoms with Crippen LogP contribution in [0.4, 0.5) is 5.00 Å². The number of hydrogen-bond acceptors (Lipinski definition) is 6. The zero-order valence-electron chi connectivity index (χ0n) is 13.7. The fraction of sp³-hybridized carbons (Fsp3) is 0.533. The zero-order valence-corrected chi connectivity index (χ0v) is 14.6. The van der Waals surface area contributed by atoms with Gasteiger partial charge in [0.15, 0.2) is 5.82 Å². The molecule has 0 aliphatic heterocycles. The molecule has 2 heterocycles. The third-order valence-electron chi connectivity index (χ3n) is 3.68. The van der Waals surface area contributed by atoms with E-state index in [9.17, 15) is 14.7 Å². The molecule has 1 aliphatic rings. The number of thiophene rings is 1. The summed E-state index contributed by atoms with van der Waals surface area (Å²) in [4.78, 5) is 25.2. The van der Waals surface area contributed by atoms with Crippen molar-refractivity contribution in [3.63, 3.8) is 0 Å². The van der Waals surface area contributed by atoms with E-state index < -0.39 is 5.97 Å². The molecular weight excluding hydrogens is 330 g/mol. The number of nitrogens with zero attached hydrogens (tertiary/aromatic N) is 4. The maximum absolute atomic E-state index is 12.2. The zero-order chi connectivity index (χ0) is 17.5. The van der Waals surface area contributed by atoms with Crippen molar-refractivity contribution in [2.75, 3.05) is 5.32 Å². The van der Waals surface area contributed by atoms with Crippen molar-refractivity contribution < 1.29 is 14.7 Å². The van der Waals surface area contributed by atoms with Gasteiger partial charge in [-0.25, -0.2) is 4.79 Å². The second-order valence-corrected chi connectivity index (χ2v) is 7.75. The van der Waals surface area contributed by atoms with Crippen LogP contribution in [0.3, 0.4) is 0 Å². The molecule has 9 heteroatoms. The first-order valence-corrected chi connectivity index (χ1v) is 8.57. The second-order valence-electron chi connectivity index (χ2n) is 6.87. The number of amides is 1. The summed E-state index contributed by atoms with van der Waals surface area (Å²) in [5, 5.41) is 26.3. The second kappa shape index (κ2) is 5.97. The molecule has 1 saturated carbocycles. The van der Waals surface area contributed by atoms with Gasteiger partial charge >= 0.3 is 5.97 Å². The highest BCUT2D eigenvalue weighted by atomic mass is 32.1. The Hall–Kier alpha value is -2.29. The van der Waals surface area contributed by atoms with Crippen LogP contribution in [-0.4, -0.2) is 37.2 Å². The summed E-state index contributed by atoms with van der Waals surface area (Å²) >= 11 is 1.25. The SMILES string of the molecule is CC(C)(C)n1nnc(CC(=O)Nc2scc(C3CC3)c2C(=O)O)n1. The Morgan fingerprint density at radius 3 is 2.67 bits per heavy atom. The van der Waals surface area contributed by atoms with Gasteiger partial charge in [0, 0.05) is 0 Å². The van der Waals surface area contributed by atoms with Gasteiger partial charge in [0.05, 0.1) is 17.5 Å². The number of hydrogen-bond donors (Lipinski definition) is 2. The number of carbonyl (C=O) groups is 2. The molecule has 8 nitrogen and oxygen atoms in total. The number of aromatic carboxylic acids is 1. The van der Waals surface area contributed by atoms with E-state index >= 15 is 0 Å². The number of nitrogens with one attached hydrogen (secondary N) is 1. The highest BCUT2D eigenvalue weighted by Crippen LogP contribution is 2.45. The van der Waals surface area contributed by atoms with Gasteiger partial charge in [-0.15, -0.1) is 21.5 Å². The Bertz CT molecular complexity index is 785. The summed E-state index contributed by atoms with van der Waals surface area (Å²) in [5.41, 5.74) is 0.715. The summed E-state index contributed by atoms with van der Waals surface area (Å²) in [7, 11) is 0. The van der Waals surface area contributed by atoms with Crippen LogP contribution in [-0.2, 0) is 16.8 Å². The van der Waals surface area contributed by atoms with E-state index in [1.165, 1.54) is 16.1 Å². The van der Waals surface area contributed by atoms with E-state index in [0.717, 1.165) is 18.4 Å². The number of carboxylic acids is 1. The van der Waals surface area contributed by atoms with Gasteiger partial charge in [0.1, 0.15) is 5.00 Å². The Labute approximate surface area is 142 Å². The van der Waals surface area contributed by atoms with Crippen LogP contribution in [0.25, 0.3) is 0 Å². The average molecular weight is 349 g/mol. The minimum absolute atomic E-state index is 0.0498. The van der Waals surface area contributed by atoms with Crippen LogP contribution in [0.5, 0.6) is 0 Å². The van der Waals surface area contributed by atoms with E-state index in [0.29, 0.717) is 16.7 Å². The van der Waals surface area contributed by atoms with Gasteiger partial charge in [0.2, 0.25) is 5.91 Å². The molecule has 2 aromatic heterocycles. The van der Waals surface area contributed by atoms with Gasteiger partial charge in [-0.2, -0.15) is 4.80 Å². The lowest BCUT2D eigenvalue weighted by molar-refractivity contribution is -0.115. The molecule has 0 aromatic carbocycles. The maximum atomic E-state index is 12.2. The van der Waals surface area contributed by atoms with Crippen LogP contribution in [0.15, 0.2) is 5.38 Å². The van der Waals surface area contributed by atoms with Gasteiger partial charge < -0.3 is 10.4 Å². The fourth-order valence-corrected chi connectivity index (χ4v) is 3.34. The van der Waals surface area contributed by atoms with Crippen molar-refractivity contribution in [2.24, 2.45) is 0 Å². The molecule has 2 N–H and O–H groups in total. The number of aromatic nitrogens is 4. The number of tetrazole rings is 1. The van der Waals surface area contributed by atoms with Crippen LogP contribution >= 0.6 is 11.3 Å². The summed E-state index contributed by atoms with van der Waals surface area (Å²) in [6.45, 7) is 5.80. The van der Waals surface area contributed by atoms with Gasteiger partial charge in [-0.1, -0.05) is 0 Å². The summed E-state index contributed by atoms with van der Waals surface area (Å²) < 4.78 is 0. The summed E-state index contributed by atoms with van der Waals surface area (Å²) in [6, 6.07) is 0. The van der Waals surface area contributed by atoms with Gasteiger partial charge in [0.25, 0.3) is 0 Å². The molecule has 0 saturated heterocycles. The highest BCUT2D eigenvalue weighted by molar-refractivity contribution is 7.15. The summed E-state index contributed by atoms with van der Waals surface area (Å²) in [5.74, 6) is -0.745. The van der Waals surface area contributed by atoms with Crippen molar-refractivity contribution in [1.29, 1.82) is 0 Å². The minimum Gasteiger partial charge on any atom is -0.478 e. The van der Waals surface area contributed by atoms with Crippen LogP contribution in [0.2, 0.25) is 0 Å². The quantitative estimate of drug-likeness (QED) is 0.856. The number of carboxylic acid groups (broad SMARTS) is 1. The van der Waals surface area contributed by atoms with E-state index in [1.54, 1.807) is 0 Å².